The van der Waals surface area contributed by atoms with Gasteiger partial charge in [0.15, 0.2) is 16.6 Å². The topological polar surface area (TPSA) is 58.9 Å². The molecule has 0 fully saturated rings. The first kappa shape index (κ1) is 28.3. The fraction of sp³-hybridized carbons (Fsp3) is 1.00. The van der Waals surface area contributed by atoms with E-state index in [4.69, 9.17) is 8.85 Å². The zero-order valence-corrected chi connectivity index (χ0v) is 23.0. The Morgan fingerprint density at radius 3 is 1.57 bits per heavy atom. The summed E-state index contributed by atoms with van der Waals surface area (Å²) in [5.41, 5.74) is 0. The molecule has 0 amide bonds. The first-order valence-corrected chi connectivity index (χ1v) is 16.7. The molecule has 0 aliphatic rings. The van der Waals surface area contributed by atoms with Crippen molar-refractivity contribution in [2.24, 2.45) is 17.8 Å². The zero-order chi connectivity index (χ0) is 22.7. The number of aliphatic hydroxyl groups is 2. The van der Waals surface area contributed by atoms with Crippen LogP contribution in [0.5, 0.6) is 0 Å². The summed E-state index contributed by atoms with van der Waals surface area (Å²) < 4.78 is 13.3. The standard InChI is InChI=1S/C22H50O4Si2/c1-16(14-23)19(24)18(3)20(26-28(12,13)22(7,8)9)17(2)15-25-27(10,11)21(4,5)6/h16-20,23-24H,14-15H2,1-13H3/t16-,17-,18-,19-,20-/m0/s1. The van der Waals surface area contributed by atoms with Crippen LogP contribution >= 0.6 is 0 Å². The van der Waals surface area contributed by atoms with Crippen LogP contribution in [0.2, 0.25) is 36.3 Å². The molecular weight excluding hydrogens is 384 g/mol. The van der Waals surface area contributed by atoms with Crippen molar-refractivity contribution in [2.75, 3.05) is 13.2 Å². The molecule has 0 unspecified atom stereocenters. The highest BCUT2D eigenvalue weighted by molar-refractivity contribution is 6.74. The van der Waals surface area contributed by atoms with E-state index < -0.39 is 22.7 Å². The second-order valence-electron chi connectivity index (χ2n) is 11.9. The number of hydrogen-bond acceptors (Lipinski definition) is 4. The number of aliphatic hydroxyl groups excluding tert-OH is 2. The van der Waals surface area contributed by atoms with Gasteiger partial charge < -0.3 is 19.1 Å². The first-order chi connectivity index (χ1) is 12.3. The molecular formula is C22H50O4Si2. The molecule has 170 valence electrons. The highest BCUT2D eigenvalue weighted by Gasteiger charge is 2.44. The molecule has 0 aromatic carbocycles. The molecule has 0 heterocycles. The fourth-order valence-corrected chi connectivity index (χ4v) is 5.32. The third-order valence-electron chi connectivity index (χ3n) is 7.24. The highest BCUT2D eigenvalue weighted by Crippen LogP contribution is 2.41. The van der Waals surface area contributed by atoms with Gasteiger partial charge in [-0.05, 0) is 36.3 Å². The molecule has 0 radical (unpaired) electrons. The van der Waals surface area contributed by atoms with E-state index in [1.54, 1.807) is 0 Å². The fourth-order valence-electron chi connectivity index (χ4n) is 2.73. The van der Waals surface area contributed by atoms with Gasteiger partial charge in [-0.3, -0.25) is 0 Å². The minimum absolute atomic E-state index is 0.0207. The Hall–Kier alpha value is 0.274. The number of rotatable bonds is 10. The first-order valence-electron chi connectivity index (χ1n) is 10.9. The smallest absolute Gasteiger partial charge is 0.192 e. The predicted octanol–water partition coefficient (Wildman–Crippen LogP) is 5.66. The summed E-state index contributed by atoms with van der Waals surface area (Å²) >= 11 is 0. The van der Waals surface area contributed by atoms with E-state index in [1.165, 1.54) is 0 Å². The molecule has 0 rings (SSSR count). The molecule has 5 atom stereocenters. The molecule has 0 aromatic heterocycles. The molecule has 2 N–H and O–H groups in total. The van der Waals surface area contributed by atoms with Gasteiger partial charge in [-0.2, -0.15) is 0 Å². The minimum Gasteiger partial charge on any atom is -0.416 e. The van der Waals surface area contributed by atoms with E-state index in [0.717, 1.165) is 0 Å². The third-order valence-corrected chi connectivity index (χ3v) is 16.2. The molecule has 6 heteroatoms. The third kappa shape index (κ3) is 7.51. The van der Waals surface area contributed by atoms with Crippen LogP contribution in [-0.4, -0.2) is 52.3 Å². The second-order valence-corrected chi connectivity index (χ2v) is 21.5. The Morgan fingerprint density at radius 1 is 0.786 bits per heavy atom. The molecule has 0 aliphatic heterocycles. The lowest BCUT2D eigenvalue weighted by Crippen LogP contribution is -2.51. The van der Waals surface area contributed by atoms with Crippen LogP contribution < -0.4 is 0 Å². The van der Waals surface area contributed by atoms with Crippen molar-refractivity contribution >= 4 is 16.6 Å². The van der Waals surface area contributed by atoms with Crippen LogP contribution in [0, 0.1) is 17.8 Å². The lowest BCUT2D eigenvalue weighted by Gasteiger charge is -2.45. The Labute approximate surface area is 177 Å². The zero-order valence-electron chi connectivity index (χ0n) is 21.0. The molecule has 0 spiro atoms. The van der Waals surface area contributed by atoms with Gasteiger partial charge >= 0.3 is 0 Å². The summed E-state index contributed by atoms with van der Waals surface area (Å²) in [5, 5.41) is 20.6. The van der Waals surface area contributed by atoms with Crippen molar-refractivity contribution in [3.05, 3.63) is 0 Å². The Balaban J connectivity index is 5.59. The molecule has 0 aromatic rings. The quantitative estimate of drug-likeness (QED) is 0.435. The van der Waals surface area contributed by atoms with E-state index in [1.807, 2.05) is 6.92 Å². The van der Waals surface area contributed by atoms with Crippen LogP contribution in [0.4, 0.5) is 0 Å². The van der Waals surface area contributed by atoms with Crippen LogP contribution in [0.15, 0.2) is 0 Å². The van der Waals surface area contributed by atoms with Crippen LogP contribution in [0.3, 0.4) is 0 Å². The van der Waals surface area contributed by atoms with Crippen LogP contribution in [0.25, 0.3) is 0 Å². The van der Waals surface area contributed by atoms with Gasteiger partial charge in [-0.15, -0.1) is 0 Å². The Bertz CT molecular complexity index is 466. The van der Waals surface area contributed by atoms with Crippen LogP contribution in [0.1, 0.15) is 62.3 Å². The molecule has 4 nitrogen and oxygen atoms in total. The average Bonchev–Trinajstić information content (AvgIpc) is 2.53. The van der Waals surface area contributed by atoms with E-state index >= 15 is 0 Å². The van der Waals surface area contributed by atoms with Crippen molar-refractivity contribution in [3.8, 4) is 0 Å². The summed E-state index contributed by atoms with van der Waals surface area (Å²) in [6, 6.07) is 0. The summed E-state index contributed by atoms with van der Waals surface area (Å²) in [6.45, 7) is 29.3. The predicted molar refractivity (Wildman–Crippen MR) is 126 cm³/mol. The molecule has 28 heavy (non-hydrogen) atoms. The maximum atomic E-state index is 10.8. The maximum Gasteiger partial charge on any atom is 0.192 e. The van der Waals surface area contributed by atoms with Gasteiger partial charge in [0, 0.05) is 31.0 Å². The number of hydrogen-bond donors (Lipinski definition) is 2. The summed E-state index contributed by atoms with van der Waals surface area (Å²) in [6.07, 6.45) is -0.704. The average molecular weight is 435 g/mol. The van der Waals surface area contributed by atoms with Crippen molar-refractivity contribution in [1.29, 1.82) is 0 Å². The molecule has 0 bridgehead atoms. The largest absolute Gasteiger partial charge is 0.416 e. The van der Waals surface area contributed by atoms with E-state index in [0.29, 0.717) is 6.61 Å². The summed E-state index contributed by atoms with van der Waals surface area (Å²) in [5.74, 6) is -0.0814. The minimum atomic E-state index is -2.01. The van der Waals surface area contributed by atoms with Gasteiger partial charge in [0.1, 0.15) is 0 Å². The van der Waals surface area contributed by atoms with E-state index in [2.05, 4.69) is 81.6 Å². The lowest BCUT2D eigenvalue weighted by atomic mass is 9.85. The SMILES string of the molecule is C[C@@H]([C@@H](O)[C@@H](C)CO)[C@@H](O[Si](C)(C)C(C)(C)C)[C@@H](C)CO[Si](C)(C)C(C)(C)C. The second kappa shape index (κ2) is 10.1. The molecule has 0 aliphatic carbocycles. The van der Waals surface area contributed by atoms with Gasteiger partial charge in [0.05, 0.1) is 12.2 Å². The highest BCUT2D eigenvalue weighted by atomic mass is 28.4. The monoisotopic (exact) mass is 434 g/mol. The van der Waals surface area contributed by atoms with Crippen LogP contribution in [-0.2, 0) is 8.85 Å². The maximum absolute atomic E-state index is 10.8. The van der Waals surface area contributed by atoms with Gasteiger partial charge in [0.2, 0.25) is 0 Å². The molecule has 0 saturated heterocycles. The van der Waals surface area contributed by atoms with Crippen molar-refractivity contribution in [1.82, 2.24) is 0 Å². The Kier molecular flexibility index (Phi) is 10.2. The van der Waals surface area contributed by atoms with E-state index in [-0.39, 0.29) is 40.5 Å². The normalized spacial score (nSPS) is 19.8. The van der Waals surface area contributed by atoms with Crippen molar-refractivity contribution in [3.63, 3.8) is 0 Å². The summed E-state index contributed by atoms with van der Waals surface area (Å²) in [7, 11) is -3.86. The van der Waals surface area contributed by atoms with Gasteiger partial charge in [-0.25, -0.2) is 0 Å². The Morgan fingerprint density at radius 2 is 1.21 bits per heavy atom. The van der Waals surface area contributed by atoms with E-state index in [9.17, 15) is 10.2 Å². The van der Waals surface area contributed by atoms with Crippen molar-refractivity contribution in [2.45, 2.75) is 111 Å². The van der Waals surface area contributed by atoms with Crippen molar-refractivity contribution < 1.29 is 19.1 Å². The van der Waals surface area contributed by atoms with Gasteiger partial charge in [-0.1, -0.05) is 62.3 Å². The molecule has 0 saturated carbocycles. The summed E-state index contributed by atoms with van der Waals surface area (Å²) in [4.78, 5) is 0. The lowest BCUT2D eigenvalue weighted by molar-refractivity contribution is -0.0397. The van der Waals surface area contributed by atoms with Gasteiger partial charge in [0.25, 0.3) is 0 Å².